The van der Waals surface area contributed by atoms with Crippen LogP contribution in [0.3, 0.4) is 0 Å². The fourth-order valence-electron chi connectivity index (χ4n) is 8.41. The zero-order chi connectivity index (χ0) is 26.6. The third-order valence-electron chi connectivity index (χ3n) is 10.4. The van der Waals surface area contributed by atoms with Gasteiger partial charge in [0.2, 0.25) is 5.78 Å². The minimum Gasteiger partial charge on any atom is -0.457 e. The van der Waals surface area contributed by atoms with Crippen molar-refractivity contribution in [2.45, 2.75) is 96.7 Å². The third kappa shape index (κ3) is 4.23. The van der Waals surface area contributed by atoms with E-state index < -0.39 is 35.7 Å². The van der Waals surface area contributed by atoms with Crippen LogP contribution in [0.5, 0.6) is 0 Å². The van der Waals surface area contributed by atoms with Crippen molar-refractivity contribution in [3.05, 3.63) is 11.6 Å². The first-order valence-electron chi connectivity index (χ1n) is 14.0. The molecule has 8 nitrogen and oxygen atoms in total. The normalized spacial score (nSPS) is 40.5. The minimum absolute atomic E-state index is 0.0238. The van der Waals surface area contributed by atoms with E-state index in [1.165, 1.54) is 0 Å². The number of allylic oxidation sites excluding steroid dienone is 1. The average Bonchev–Trinajstić information content (AvgIpc) is 3.66. The monoisotopic (exact) mass is 516 g/mol. The van der Waals surface area contributed by atoms with E-state index in [1.807, 2.05) is 13.8 Å². The molecule has 0 radical (unpaired) electrons. The van der Waals surface area contributed by atoms with Gasteiger partial charge in [0.05, 0.1) is 18.6 Å². The third-order valence-corrected chi connectivity index (χ3v) is 10.4. The number of ether oxygens (including phenoxy) is 3. The Labute approximate surface area is 218 Å². The van der Waals surface area contributed by atoms with E-state index in [-0.39, 0.29) is 47.4 Å². The number of aliphatic hydroxyl groups is 1. The summed E-state index contributed by atoms with van der Waals surface area (Å²) in [6.45, 7) is 5.74. The van der Waals surface area contributed by atoms with Crippen LogP contribution < -0.4 is 0 Å². The van der Waals surface area contributed by atoms with Crippen LogP contribution in [0.2, 0.25) is 0 Å². The first-order valence-corrected chi connectivity index (χ1v) is 14.0. The summed E-state index contributed by atoms with van der Waals surface area (Å²) < 4.78 is 16.5. The molecule has 5 rings (SSSR count). The Hall–Kier alpha value is -2.22. The Morgan fingerprint density at radius 3 is 2.51 bits per heavy atom. The number of carbonyl (C=O) groups is 4. The molecular formula is C29H40O8. The van der Waals surface area contributed by atoms with Crippen molar-refractivity contribution in [1.82, 2.24) is 0 Å². The van der Waals surface area contributed by atoms with Gasteiger partial charge in [-0.25, -0.2) is 4.79 Å². The first kappa shape index (κ1) is 26.4. The number of carbonyl (C=O) groups excluding carboxylic acids is 4. The topological polar surface area (TPSA) is 116 Å². The molecule has 7 atom stereocenters. The van der Waals surface area contributed by atoms with Gasteiger partial charge in [0, 0.05) is 11.8 Å². The number of aliphatic hydroxyl groups excluding tert-OH is 1. The highest BCUT2D eigenvalue weighted by molar-refractivity contribution is 5.93. The Kier molecular flexibility index (Phi) is 6.78. The molecule has 37 heavy (non-hydrogen) atoms. The zero-order valence-electron chi connectivity index (χ0n) is 22.3. The van der Waals surface area contributed by atoms with Crippen LogP contribution in [0.4, 0.5) is 4.79 Å². The van der Waals surface area contributed by atoms with Crippen LogP contribution >= 0.6 is 0 Å². The largest absolute Gasteiger partial charge is 0.509 e. The molecule has 4 saturated carbocycles. The predicted molar refractivity (Wildman–Crippen MR) is 132 cm³/mol. The molecule has 0 amide bonds. The maximum absolute atomic E-state index is 13.8. The summed E-state index contributed by atoms with van der Waals surface area (Å²) in [6, 6.07) is 0. The van der Waals surface area contributed by atoms with E-state index in [4.69, 9.17) is 14.2 Å². The highest BCUT2D eigenvalue weighted by Crippen LogP contribution is 2.68. The molecule has 5 aliphatic rings. The fourth-order valence-corrected chi connectivity index (χ4v) is 8.41. The van der Waals surface area contributed by atoms with Gasteiger partial charge in [0.1, 0.15) is 0 Å². The molecule has 4 fully saturated rings. The van der Waals surface area contributed by atoms with Crippen molar-refractivity contribution in [1.29, 1.82) is 0 Å². The van der Waals surface area contributed by atoms with E-state index in [9.17, 15) is 24.3 Å². The van der Waals surface area contributed by atoms with E-state index in [1.54, 1.807) is 6.08 Å². The molecule has 0 saturated heterocycles. The Morgan fingerprint density at radius 2 is 1.81 bits per heavy atom. The lowest BCUT2D eigenvalue weighted by molar-refractivity contribution is -0.189. The lowest BCUT2D eigenvalue weighted by Crippen LogP contribution is -2.63. The van der Waals surface area contributed by atoms with Crippen LogP contribution in [-0.4, -0.2) is 53.7 Å². The van der Waals surface area contributed by atoms with Gasteiger partial charge in [0.15, 0.2) is 18.0 Å². The summed E-state index contributed by atoms with van der Waals surface area (Å²) in [4.78, 5) is 51.0. The van der Waals surface area contributed by atoms with Gasteiger partial charge in [-0.1, -0.05) is 26.3 Å². The number of hydrogen-bond acceptors (Lipinski definition) is 8. The molecule has 0 aromatic heterocycles. The fraction of sp³-hybridized carbons (Fsp3) is 0.793. The number of esters is 1. The quantitative estimate of drug-likeness (QED) is 0.498. The summed E-state index contributed by atoms with van der Waals surface area (Å²) >= 11 is 0. The van der Waals surface area contributed by atoms with Gasteiger partial charge >= 0.3 is 12.1 Å². The van der Waals surface area contributed by atoms with Crippen molar-refractivity contribution in [2.75, 3.05) is 13.2 Å². The van der Waals surface area contributed by atoms with E-state index >= 15 is 0 Å². The van der Waals surface area contributed by atoms with Gasteiger partial charge in [-0.05, 0) is 87.0 Å². The number of fused-ring (bicyclic) bond motifs is 5. The van der Waals surface area contributed by atoms with Crippen LogP contribution in [0.1, 0.15) is 85.0 Å². The highest BCUT2D eigenvalue weighted by atomic mass is 16.7. The molecule has 0 spiro atoms. The summed E-state index contributed by atoms with van der Waals surface area (Å²) in [5.41, 5.74) is -1.48. The molecular weight excluding hydrogens is 476 g/mol. The molecule has 0 aromatic rings. The zero-order valence-corrected chi connectivity index (χ0v) is 22.3. The maximum atomic E-state index is 13.8. The summed E-state index contributed by atoms with van der Waals surface area (Å²) in [5.74, 6) is -0.656. The minimum atomic E-state index is -1.53. The van der Waals surface area contributed by atoms with Crippen LogP contribution in [0, 0.1) is 34.5 Å². The smallest absolute Gasteiger partial charge is 0.457 e. The second-order valence-corrected chi connectivity index (χ2v) is 12.4. The highest BCUT2D eigenvalue weighted by Gasteiger charge is 2.70. The summed E-state index contributed by atoms with van der Waals surface area (Å²) in [5, 5.41) is 11.7. The number of hydrogen-bond donors (Lipinski definition) is 1. The van der Waals surface area contributed by atoms with Crippen molar-refractivity contribution >= 4 is 23.7 Å². The van der Waals surface area contributed by atoms with Gasteiger partial charge in [-0.3, -0.25) is 14.4 Å². The van der Waals surface area contributed by atoms with Gasteiger partial charge in [-0.15, -0.1) is 0 Å². The summed E-state index contributed by atoms with van der Waals surface area (Å²) in [6.07, 6.45) is 6.43. The van der Waals surface area contributed by atoms with Gasteiger partial charge in [0.25, 0.3) is 0 Å². The second kappa shape index (κ2) is 9.51. The molecule has 0 aliphatic heterocycles. The van der Waals surface area contributed by atoms with E-state index in [0.717, 1.165) is 37.7 Å². The molecule has 0 heterocycles. The lowest BCUT2D eigenvalue weighted by atomic mass is 9.45. The Morgan fingerprint density at radius 1 is 1.05 bits per heavy atom. The standard InChI is InChI=1S/C29H40O8/c1-4-13-35-26(34)37-29(23(32)16-36-25(33)17-5-6-17)12-10-21-20-8-7-18-14-19(30)9-11-27(18,2)24(20)22(31)15-28(21,29)3/h14,17,20-22,24,31H,4-13,15-16H2,1-3H3/t20-,21-,22-,24+,27-,28-,29-/m0/s1. The summed E-state index contributed by atoms with van der Waals surface area (Å²) in [7, 11) is 0. The van der Waals surface area contributed by atoms with E-state index in [2.05, 4.69) is 6.92 Å². The first-order chi connectivity index (χ1) is 17.6. The Balaban J connectivity index is 1.46. The molecule has 0 bridgehead atoms. The van der Waals surface area contributed by atoms with Crippen molar-refractivity contribution in [2.24, 2.45) is 34.5 Å². The SMILES string of the molecule is CCCOC(=O)O[C@]1(C(=O)COC(=O)C2CC2)CC[C@H]2[C@@H]3CCC4=CC(=O)CC[C@]4(C)[C@H]3[C@@H](O)C[C@@]21C. The van der Waals surface area contributed by atoms with Crippen LogP contribution in [0.15, 0.2) is 11.6 Å². The van der Waals surface area contributed by atoms with Crippen molar-refractivity contribution in [3.63, 3.8) is 0 Å². The van der Waals surface area contributed by atoms with Gasteiger partial charge < -0.3 is 19.3 Å². The second-order valence-electron chi connectivity index (χ2n) is 12.4. The van der Waals surface area contributed by atoms with Crippen molar-refractivity contribution < 1.29 is 38.5 Å². The Bertz CT molecular complexity index is 1010. The molecule has 0 aromatic carbocycles. The van der Waals surface area contributed by atoms with E-state index in [0.29, 0.717) is 32.1 Å². The number of ketones is 2. The van der Waals surface area contributed by atoms with Crippen LogP contribution in [-0.2, 0) is 28.6 Å². The molecule has 204 valence electrons. The lowest BCUT2D eigenvalue weighted by Gasteiger charge is -2.60. The van der Waals surface area contributed by atoms with Crippen LogP contribution in [0.25, 0.3) is 0 Å². The average molecular weight is 517 g/mol. The number of rotatable bonds is 7. The predicted octanol–water partition coefficient (Wildman–Crippen LogP) is 4.31. The molecule has 0 unspecified atom stereocenters. The maximum Gasteiger partial charge on any atom is 0.509 e. The number of Topliss-reactive ketones (excluding diaryl/α,β-unsaturated/α-hetero) is 1. The molecule has 5 aliphatic carbocycles. The van der Waals surface area contributed by atoms with Crippen molar-refractivity contribution in [3.8, 4) is 0 Å². The molecule has 8 heteroatoms. The molecule has 1 N–H and O–H groups in total. The van der Waals surface area contributed by atoms with Gasteiger partial charge in [-0.2, -0.15) is 0 Å².